The number of halogens is 1. The van der Waals surface area contributed by atoms with Gasteiger partial charge in [-0.15, -0.1) is 17.8 Å². The van der Waals surface area contributed by atoms with Crippen LogP contribution in [0, 0.1) is 29.6 Å². The molecule has 1 saturated carbocycles. The first kappa shape index (κ1) is 25.2. The van der Waals surface area contributed by atoms with Crippen LogP contribution in [0.1, 0.15) is 67.2 Å². The second-order valence-electron chi connectivity index (χ2n) is 4.06. The molecule has 1 aliphatic carbocycles. The number of hydrogen-bond donors (Lipinski definition) is 0. The summed E-state index contributed by atoms with van der Waals surface area (Å²) in [6.45, 7) is 18.2. The second kappa shape index (κ2) is 21.6. The van der Waals surface area contributed by atoms with E-state index in [2.05, 4.69) is 36.8 Å². The minimum absolute atomic E-state index is 0.487. The van der Waals surface area contributed by atoms with E-state index in [0.717, 1.165) is 5.92 Å². The minimum atomic E-state index is -0.487. The molecule has 1 rings (SSSR count). The van der Waals surface area contributed by atoms with Crippen molar-refractivity contribution in [2.75, 3.05) is 0 Å². The molecule has 124 valence electrons. The molecule has 0 radical (unpaired) electrons. The van der Waals surface area contributed by atoms with Crippen molar-refractivity contribution < 1.29 is 4.39 Å². The molecule has 0 aromatic heterocycles. The summed E-state index contributed by atoms with van der Waals surface area (Å²) in [5, 5.41) is 0. The van der Waals surface area contributed by atoms with Gasteiger partial charge in [0.25, 0.3) is 0 Å². The summed E-state index contributed by atoms with van der Waals surface area (Å²) in [5.41, 5.74) is 0.585. The van der Waals surface area contributed by atoms with Crippen LogP contribution in [0.3, 0.4) is 0 Å². The predicted molar refractivity (Wildman–Crippen MR) is 100 cm³/mol. The van der Waals surface area contributed by atoms with Gasteiger partial charge in [0.2, 0.25) is 0 Å². The average molecular weight is 304 g/mol. The van der Waals surface area contributed by atoms with Gasteiger partial charge in [0, 0.05) is 11.5 Å². The van der Waals surface area contributed by atoms with Crippen molar-refractivity contribution in [2.24, 2.45) is 5.92 Å². The van der Waals surface area contributed by atoms with Gasteiger partial charge in [-0.05, 0) is 38.8 Å². The average Bonchev–Trinajstić information content (AvgIpc) is 3.04. The summed E-state index contributed by atoms with van der Waals surface area (Å²) >= 11 is 0. The minimum Gasteiger partial charge on any atom is -0.208 e. The first-order valence-electron chi connectivity index (χ1n) is 8.16. The lowest BCUT2D eigenvalue weighted by molar-refractivity contribution is 0.671. The zero-order chi connectivity index (χ0) is 17.8. The van der Waals surface area contributed by atoms with Gasteiger partial charge in [0.1, 0.15) is 5.83 Å². The number of rotatable bonds is 2. The first-order chi connectivity index (χ1) is 10.6. The van der Waals surface area contributed by atoms with Gasteiger partial charge in [-0.1, -0.05) is 59.6 Å². The fraction of sp³-hybridized carbons (Fsp3) is 0.524. The lowest BCUT2D eigenvalue weighted by Gasteiger charge is -1.92. The summed E-state index contributed by atoms with van der Waals surface area (Å²) in [7, 11) is 0. The smallest absolute Gasteiger partial charge is 0.116 e. The lowest BCUT2D eigenvalue weighted by Crippen LogP contribution is -1.84. The van der Waals surface area contributed by atoms with Crippen LogP contribution in [-0.4, -0.2) is 0 Å². The molecule has 0 aliphatic heterocycles. The molecule has 1 aliphatic rings. The molecule has 0 spiro atoms. The third kappa shape index (κ3) is 20.6. The SMILES string of the molecule is C=C(F)/C=C\C(=C)C#CC.CC.CC.CC#CC1CCCC1. The molecule has 0 atom stereocenters. The van der Waals surface area contributed by atoms with Crippen LogP contribution in [0.25, 0.3) is 0 Å². The van der Waals surface area contributed by atoms with E-state index in [0.29, 0.717) is 5.57 Å². The Balaban J connectivity index is -0.000000270. The Bertz CT molecular complexity index is 412. The first-order valence-corrected chi connectivity index (χ1v) is 8.16. The van der Waals surface area contributed by atoms with E-state index in [4.69, 9.17) is 0 Å². The molecule has 1 heteroatoms. The molecule has 0 unspecified atom stereocenters. The molecule has 0 amide bonds. The van der Waals surface area contributed by atoms with Crippen molar-refractivity contribution in [3.63, 3.8) is 0 Å². The van der Waals surface area contributed by atoms with Crippen molar-refractivity contribution in [1.82, 2.24) is 0 Å². The van der Waals surface area contributed by atoms with E-state index in [1.54, 1.807) is 6.92 Å². The number of hydrogen-bond acceptors (Lipinski definition) is 0. The molecule has 0 bridgehead atoms. The maximum Gasteiger partial charge on any atom is 0.116 e. The highest BCUT2D eigenvalue weighted by molar-refractivity contribution is 5.36. The molecule has 0 heterocycles. The molecule has 0 saturated heterocycles. The Morgan fingerprint density at radius 1 is 0.955 bits per heavy atom. The van der Waals surface area contributed by atoms with E-state index in [-0.39, 0.29) is 0 Å². The van der Waals surface area contributed by atoms with E-state index in [9.17, 15) is 4.39 Å². The summed E-state index contributed by atoms with van der Waals surface area (Å²) in [6, 6.07) is 0. The molecule has 0 aromatic rings. The van der Waals surface area contributed by atoms with Crippen molar-refractivity contribution in [3.05, 3.63) is 36.7 Å². The Kier molecular flexibility index (Phi) is 24.7. The molecular formula is C21H33F. The fourth-order valence-corrected chi connectivity index (χ4v) is 1.67. The van der Waals surface area contributed by atoms with Gasteiger partial charge in [-0.2, -0.15) is 0 Å². The zero-order valence-electron chi connectivity index (χ0n) is 15.4. The van der Waals surface area contributed by atoms with Crippen LogP contribution in [0.4, 0.5) is 4.39 Å². The maximum atomic E-state index is 11.9. The van der Waals surface area contributed by atoms with E-state index in [1.807, 2.05) is 34.6 Å². The highest BCUT2D eigenvalue weighted by atomic mass is 19.1. The summed E-state index contributed by atoms with van der Waals surface area (Å²) in [5.74, 6) is 11.7. The Labute approximate surface area is 138 Å². The van der Waals surface area contributed by atoms with Gasteiger partial charge in [-0.3, -0.25) is 0 Å². The molecule has 22 heavy (non-hydrogen) atoms. The molecular weight excluding hydrogens is 271 g/mol. The number of allylic oxidation sites excluding steroid dienone is 4. The molecule has 0 aromatic carbocycles. The van der Waals surface area contributed by atoms with Crippen LogP contribution in [0.5, 0.6) is 0 Å². The van der Waals surface area contributed by atoms with Crippen molar-refractivity contribution in [1.29, 1.82) is 0 Å². The van der Waals surface area contributed by atoms with E-state index < -0.39 is 5.83 Å². The Morgan fingerprint density at radius 2 is 1.45 bits per heavy atom. The normalized spacial score (nSPS) is 11.8. The summed E-state index contributed by atoms with van der Waals surface area (Å²) < 4.78 is 11.9. The summed E-state index contributed by atoms with van der Waals surface area (Å²) in [4.78, 5) is 0. The topological polar surface area (TPSA) is 0 Å². The Morgan fingerprint density at radius 3 is 1.82 bits per heavy atom. The van der Waals surface area contributed by atoms with Gasteiger partial charge in [0.05, 0.1) is 0 Å². The Hall–Kier alpha value is -1.73. The molecule has 0 nitrogen and oxygen atoms in total. The quantitative estimate of drug-likeness (QED) is 0.386. The monoisotopic (exact) mass is 304 g/mol. The molecule has 1 fully saturated rings. The second-order valence-corrected chi connectivity index (χ2v) is 4.06. The van der Waals surface area contributed by atoms with Crippen LogP contribution >= 0.6 is 0 Å². The van der Waals surface area contributed by atoms with Gasteiger partial charge in [-0.25, -0.2) is 4.39 Å². The highest BCUT2D eigenvalue weighted by Crippen LogP contribution is 2.23. The van der Waals surface area contributed by atoms with Crippen LogP contribution in [0.15, 0.2) is 36.7 Å². The largest absolute Gasteiger partial charge is 0.208 e. The van der Waals surface area contributed by atoms with Crippen molar-refractivity contribution >= 4 is 0 Å². The van der Waals surface area contributed by atoms with E-state index >= 15 is 0 Å². The van der Waals surface area contributed by atoms with Crippen molar-refractivity contribution in [2.45, 2.75) is 67.2 Å². The van der Waals surface area contributed by atoms with Crippen LogP contribution in [0.2, 0.25) is 0 Å². The third-order valence-corrected chi connectivity index (χ3v) is 2.45. The summed E-state index contributed by atoms with van der Waals surface area (Å²) in [6.07, 6.45) is 8.21. The van der Waals surface area contributed by atoms with Gasteiger partial charge >= 0.3 is 0 Å². The molecule has 0 N–H and O–H groups in total. The van der Waals surface area contributed by atoms with Crippen LogP contribution < -0.4 is 0 Å². The van der Waals surface area contributed by atoms with Gasteiger partial charge < -0.3 is 0 Å². The lowest BCUT2D eigenvalue weighted by atomic mass is 10.1. The van der Waals surface area contributed by atoms with Crippen molar-refractivity contribution in [3.8, 4) is 23.7 Å². The third-order valence-electron chi connectivity index (χ3n) is 2.45. The fourth-order valence-electron chi connectivity index (χ4n) is 1.67. The maximum absolute atomic E-state index is 11.9. The predicted octanol–water partition coefficient (Wildman–Crippen LogP) is 6.86. The van der Waals surface area contributed by atoms with Gasteiger partial charge in [0.15, 0.2) is 0 Å². The van der Waals surface area contributed by atoms with E-state index in [1.165, 1.54) is 37.8 Å². The standard InChI is InChI=1S/C9H9F.C8H12.2C2H6/c1-4-5-8(2)6-7-9(3)10;1-2-5-8-6-3-4-7-8;2*1-2/h6-7H,2-3H2,1H3;8H,3-4,6-7H2,1H3;2*1-2H3/b7-6-;;;. The zero-order valence-corrected chi connectivity index (χ0v) is 15.4. The highest BCUT2D eigenvalue weighted by Gasteiger charge is 2.10. The van der Waals surface area contributed by atoms with Crippen LogP contribution in [-0.2, 0) is 0 Å².